The monoisotopic (exact) mass is 1640 g/mol. The third-order valence-electron chi connectivity index (χ3n) is 23.8. The Hall–Kier alpha value is -8.85. The van der Waals surface area contributed by atoms with Gasteiger partial charge in [0.15, 0.2) is 5.78 Å². The van der Waals surface area contributed by atoms with Gasteiger partial charge in [-0.05, 0) is 93.9 Å². The van der Waals surface area contributed by atoms with Crippen LogP contribution in [0.3, 0.4) is 0 Å². The summed E-state index contributed by atoms with van der Waals surface area (Å²) in [6.07, 6.45) is 1.34. The number of nitrogens with zero attached hydrogens (tertiary/aromatic N) is 5. The largest absolute Gasteiger partial charge is 0.524 e. The molecule has 9 aliphatic rings. The number of rotatable bonds is 44. The number of hydrogen-bond donors (Lipinski definition) is 6. The van der Waals surface area contributed by atoms with Gasteiger partial charge in [0, 0.05) is 130 Å². The molecule has 0 unspecified atom stereocenters. The van der Waals surface area contributed by atoms with Gasteiger partial charge in [0.1, 0.15) is 18.1 Å². The molecule has 114 heavy (non-hydrogen) atoms. The summed E-state index contributed by atoms with van der Waals surface area (Å²) in [4.78, 5) is 160. The number of benzene rings is 5. The first-order valence-corrected chi connectivity index (χ1v) is 41.1. The predicted molar refractivity (Wildman–Crippen MR) is 417 cm³/mol. The number of hydrogen-bond acceptors (Lipinski definition) is 20. The van der Waals surface area contributed by atoms with Crippen molar-refractivity contribution in [3.63, 3.8) is 0 Å². The zero-order chi connectivity index (χ0) is 80.9. The number of alkyl halides is 2. The van der Waals surface area contributed by atoms with E-state index in [-0.39, 0.29) is 184 Å². The fourth-order valence-electron chi connectivity index (χ4n) is 18.7. The van der Waals surface area contributed by atoms with Gasteiger partial charge < -0.3 is 83.7 Å². The quantitative estimate of drug-likeness (QED) is 0.00953. The summed E-state index contributed by atoms with van der Waals surface area (Å²) in [6.45, 7) is 8.05. The highest BCUT2D eigenvalue weighted by atomic mass is 35.5. The molecule has 31 nitrogen and oxygen atoms in total. The van der Waals surface area contributed by atoms with E-state index in [4.69, 9.17) is 71.4 Å². The molecule has 14 rings (SSSR count). The lowest BCUT2D eigenvalue weighted by Gasteiger charge is -3.09. The Balaban J connectivity index is 0.526. The molecule has 5 aromatic carbocycles. The number of ketones is 1. The van der Waals surface area contributed by atoms with Crippen molar-refractivity contribution in [1.82, 2.24) is 25.3 Å². The number of Topliss-reactive ketones (excluding diaryl/α,β-unsaturated/α-hetero) is 1. The molecule has 0 spiro atoms. The second kappa shape index (κ2) is 35.7. The van der Waals surface area contributed by atoms with Crippen LogP contribution in [-0.4, -0.2) is 234 Å². The molecule has 0 radical (unpaired) electrons. The Morgan fingerprint density at radius 1 is 0.623 bits per heavy atom. The maximum Gasteiger partial charge on any atom is 0.524 e. The van der Waals surface area contributed by atoms with Gasteiger partial charge in [-0.3, -0.25) is 48.2 Å². The first-order valence-electron chi connectivity index (χ1n) is 38.5. The molecule has 0 bridgehead atoms. The minimum Gasteiger partial charge on any atom is -0.445 e. The van der Waals surface area contributed by atoms with E-state index in [2.05, 4.69) is 16.0 Å². The Bertz CT molecular complexity index is 4510. The molecule has 6 aliphatic carbocycles. The van der Waals surface area contributed by atoms with Gasteiger partial charge in [0.25, 0.3) is 11.8 Å². The number of likely N-dealkylation sites (N-methyl/N-ethyl adjacent to an activating group) is 2. The van der Waals surface area contributed by atoms with Gasteiger partial charge in [-0.15, -0.1) is 23.2 Å². The van der Waals surface area contributed by atoms with E-state index >= 15 is 9.59 Å². The van der Waals surface area contributed by atoms with Crippen LogP contribution in [0.5, 0.6) is 11.5 Å². The molecule has 7 N–H and O–H groups in total. The average molecular weight is 1640 g/mol. The number of urea groups is 1. The summed E-state index contributed by atoms with van der Waals surface area (Å²) in [7, 11) is -1.90. The van der Waals surface area contributed by atoms with Crippen molar-refractivity contribution in [2.45, 2.75) is 64.0 Å². The predicted octanol–water partition coefficient (Wildman–Crippen LogP) is 7.46. The lowest BCUT2D eigenvalue weighted by Crippen LogP contribution is -3.12. The van der Waals surface area contributed by atoms with Crippen molar-refractivity contribution in [3.8, 4) is 11.5 Å². The number of carbonyl (C=O) groups is 10. The Morgan fingerprint density at radius 3 is 1.55 bits per heavy atom. The standard InChI is InChI=1S/C80H96Cl2N9O22P/c1-46(2)72(86-61(93)21-26-105-28-30-107-32-34-109-36-37-110-35-33-108-31-29-106-27-25-89-62(94)19-20-63(89)95)58(92)38-48(10-9-22-84-76(83)99)73(96)85-51-17-15-47(16-18-51)45-111-77(100)87(3)23-24-88(4)78(101)112-59-39-56-64(54-13-7-5-11-52(54)59)49(41-81)43-90(56)74(97)79-66-69-67(79)71-68(79)70(66)80(69,71)75(98)91-44-50(42-82)65-55-14-8-6-12-53(55)60(40-57(65)91)113-114(102,103)104/h5-8,11-20,39-40,46,48-50,66-72H,9-10,21-38,41-45H2,1-4H3,(H,85,96)(H,86,93)(H3,83,84,99)(H2,102,103,104)/t48-,49-,50-,66?,67?,68?,69?,70?,71?,72+,79?,80?/m1/s1. The summed E-state index contributed by atoms with van der Waals surface area (Å²) in [5, 5.41) is 10.8. The minimum absolute atomic E-state index is 0.00441. The molecule has 6 saturated carbocycles. The molecule has 6 fully saturated rings. The second-order valence-corrected chi connectivity index (χ2v) is 32.3. The molecular weight excluding hydrogens is 1540 g/mol. The summed E-state index contributed by atoms with van der Waals surface area (Å²) in [5.74, 6) is -2.80. The fraction of sp³-hybridized carbons (Fsp3) is 0.525. The highest BCUT2D eigenvalue weighted by Gasteiger charge is 3.13. The van der Waals surface area contributed by atoms with E-state index in [0.29, 0.717) is 111 Å². The summed E-state index contributed by atoms with van der Waals surface area (Å²) < 4.78 is 62.2. The third kappa shape index (κ3) is 16.3. The van der Waals surface area contributed by atoms with E-state index in [1.807, 2.05) is 41.3 Å². The number of ether oxygens (including phenoxy) is 8. The maximum absolute atomic E-state index is 15.4. The Labute approximate surface area is 668 Å². The van der Waals surface area contributed by atoms with E-state index in [1.54, 1.807) is 74.3 Å². The van der Waals surface area contributed by atoms with Crippen molar-refractivity contribution in [3.05, 3.63) is 114 Å². The number of nitrogens with one attached hydrogen (secondary N) is 3. The Kier molecular flexibility index (Phi) is 26.0. The number of halogens is 2. The lowest BCUT2D eigenvalue weighted by atomic mass is 8.92. The van der Waals surface area contributed by atoms with Crippen molar-refractivity contribution in [2.24, 2.45) is 63.9 Å². The number of anilines is 3. The van der Waals surface area contributed by atoms with Gasteiger partial charge in [-0.2, -0.15) is 0 Å². The number of phosphoric ester groups is 1. The van der Waals surface area contributed by atoms with Gasteiger partial charge >= 0.3 is 26.0 Å². The van der Waals surface area contributed by atoms with Crippen molar-refractivity contribution in [1.29, 1.82) is 0 Å². The molecule has 612 valence electrons. The molecule has 4 atom stereocenters. The molecule has 0 saturated heterocycles. The van der Waals surface area contributed by atoms with Crippen molar-refractivity contribution < 1.29 is 105 Å². The summed E-state index contributed by atoms with van der Waals surface area (Å²) in [5.41, 5.74) is 7.91. The van der Waals surface area contributed by atoms with E-state index in [0.717, 1.165) is 21.4 Å². The van der Waals surface area contributed by atoms with Gasteiger partial charge in [-0.1, -0.05) is 74.5 Å². The SMILES string of the molecule is CC(C)[C@H](NC(=O)CCOCCOCCOCCOCCOCCOCCN1C(=O)C=CC1=O)C(=O)C[C@@H](CCCNC(N)=O)C(=O)Nc1ccc(COC(=O)N(C)CCN(C)C(=O)Oc2cc3c(c4ccccc24)[C@H](CCl)CN3C(=O)C23C4C5C2C2C3C4C52C(=O)N2C[C@@H](CCl)c3c2cc(OP(=O)(O)O)c2ccccc32)cc1. The van der Waals surface area contributed by atoms with Gasteiger partial charge in [0.2, 0.25) is 23.6 Å². The maximum atomic E-state index is 15.4. The molecule has 34 heteroatoms. The highest BCUT2D eigenvalue weighted by molar-refractivity contribution is 7.46. The highest BCUT2D eigenvalue weighted by Crippen LogP contribution is 3.10. The number of nitrogens with two attached hydrogens (primary N) is 1. The third-order valence-corrected chi connectivity index (χ3v) is 24.9. The van der Waals surface area contributed by atoms with Gasteiger partial charge in [-0.25, -0.2) is 18.9 Å². The molecule has 5 aromatic rings. The van der Waals surface area contributed by atoms with Crippen LogP contribution in [0.4, 0.5) is 31.4 Å². The molecular formula is C80H96Cl2N9O22P. The molecule has 10 amide bonds. The topological polar surface area (TPSA) is 390 Å². The smallest absolute Gasteiger partial charge is 0.445 e. The van der Waals surface area contributed by atoms with Crippen LogP contribution >= 0.6 is 31.0 Å². The van der Waals surface area contributed by atoms with E-state index < -0.39 is 60.6 Å². The van der Waals surface area contributed by atoms with Crippen molar-refractivity contribution in [2.75, 3.05) is 160 Å². The molecule has 0 aromatic heterocycles. The van der Waals surface area contributed by atoms with E-state index in [1.165, 1.54) is 29.0 Å². The van der Waals surface area contributed by atoms with Crippen LogP contribution in [-0.2, 0) is 77.9 Å². The first kappa shape index (κ1) is 83.1. The first-order chi connectivity index (χ1) is 54.8. The molecule has 3 aliphatic heterocycles. The van der Waals surface area contributed by atoms with Crippen molar-refractivity contribution >= 4 is 129 Å². The molecule has 3 heterocycles. The normalized spacial score (nSPS) is 23.2. The van der Waals surface area contributed by atoms with Gasteiger partial charge in [0.05, 0.1) is 114 Å². The van der Waals surface area contributed by atoms with Crippen LogP contribution in [0.1, 0.15) is 68.1 Å². The summed E-state index contributed by atoms with van der Waals surface area (Å²) in [6, 6.07) is 22.9. The lowest BCUT2D eigenvalue weighted by molar-refractivity contribution is -0.623. The summed E-state index contributed by atoms with van der Waals surface area (Å²) >= 11 is 13.3. The number of phosphoric acid groups is 1. The van der Waals surface area contributed by atoms with Crippen LogP contribution in [0.25, 0.3) is 21.5 Å². The number of fused-ring (bicyclic) bond motifs is 6. The van der Waals surface area contributed by atoms with E-state index in [9.17, 15) is 52.7 Å². The number of amides is 10. The number of imide groups is 1. The van der Waals surface area contributed by atoms with Crippen LogP contribution in [0.2, 0.25) is 0 Å². The van der Waals surface area contributed by atoms with Crippen LogP contribution in [0, 0.1) is 58.2 Å². The fourth-order valence-corrected chi connectivity index (χ4v) is 19.6. The zero-order valence-corrected chi connectivity index (χ0v) is 66.2. The average Bonchev–Trinajstić information content (AvgIpc) is 0.637. The Morgan fingerprint density at radius 2 is 1.08 bits per heavy atom. The number of primary amides is 1. The van der Waals surface area contributed by atoms with Crippen LogP contribution < -0.4 is 40.7 Å². The number of carbonyl (C=O) groups excluding carboxylic acids is 10. The van der Waals surface area contributed by atoms with Crippen LogP contribution in [0.15, 0.2) is 97.1 Å². The minimum atomic E-state index is -4.97. The zero-order valence-electron chi connectivity index (χ0n) is 63.8. The second-order valence-electron chi connectivity index (χ2n) is 30.5.